The Balaban J connectivity index is 1.32. The molecule has 0 spiro atoms. The van der Waals surface area contributed by atoms with Crippen molar-refractivity contribution in [1.82, 2.24) is 29.5 Å². The van der Waals surface area contributed by atoms with E-state index in [1.165, 1.54) is 0 Å². The topological polar surface area (TPSA) is 118 Å². The Morgan fingerprint density at radius 1 is 1.19 bits per heavy atom. The Morgan fingerprint density at radius 3 is 2.97 bits per heavy atom. The van der Waals surface area contributed by atoms with Crippen molar-refractivity contribution in [2.75, 3.05) is 43.2 Å². The minimum Gasteiger partial charge on any atom is -0.461 e. The number of nitrogens with zero attached hydrogens (tertiary/aromatic N) is 7. The van der Waals surface area contributed by atoms with E-state index >= 15 is 0 Å². The zero-order chi connectivity index (χ0) is 21.6. The molecule has 32 heavy (non-hydrogen) atoms. The fraction of sp³-hybridized carbons (Fsp3) is 0.286. The Morgan fingerprint density at radius 2 is 2.09 bits per heavy atom. The molecule has 0 aliphatic carbocycles. The molecule has 0 radical (unpaired) electrons. The number of morpholine rings is 1. The van der Waals surface area contributed by atoms with Gasteiger partial charge in [-0.3, -0.25) is 0 Å². The van der Waals surface area contributed by atoms with E-state index in [-0.39, 0.29) is 6.01 Å². The minimum atomic E-state index is 0.242. The third kappa shape index (κ3) is 4.67. The summed E-state index contributed by atoms with van der Waals surface area (Å²) >= 11 is 0. The van der Waals surface area contributed by atoms with Crippen molar-refractivity contribution >= 4 is 29.0 Å². The summed E-state index contributed by atoms with van der Waals surface area (Å²) in [6.45, 7) is 3.71. The maximum Gasteiger partial charge on any atom is 0.323 e. The number of hydrogen-bond acceptors (Lipinski definition) is 9. The van der Waals surface area contributed by atoms with Gasteiger partial charge < -0.3 is 23.9 Å². The number of imidazole rings is 1. The highest BCUT2D eigenvalue weighted by molar-refractivity contribution is 5.99. The minimum absolute atomic E-state index is 0.242. The zero-order valence-corrected chi connectivity index (χ0v) is 17.4. The highest BCUT2D eigenvalue weighted by Crippen LogP contribution is 2.18. The molecule has 4 aromatic rings. The lowest BCUT2D eigenvalue weighted by Crippen LogP contribution is -2.37. The fourth-order valence-electron chi connectivity index (χ4n) is 3.39. The normalized spacial score (nSPS) is 14.3. The van der Waals surface area contributed by atoms with Gasteiger partial charge in [0.05, 0.1) is 32.3 Å². The number of hydrogen-bond donors (Lipinski definition) is 2. The van der Waals surface area contributed by atoms with E-state index in [1.807, 2.05) is 46.1 Å². The molecule has 1 saturated heterocycles. The van der Waals surface area contributed by atoms with E-state index in [4.69, 9.17) is 9.47 Å². The van der Waals surface area contributed by atoms with Gasteiger partial charge in [-0.15, -0.1) is 0 Å². The molecule has 0 saturated carbocycles. The van der Waals surface area contributed by atoms with Gasteiger partial charge in [-0.1, -0.05) is 18.2 Å². The molecule has 0 atom stereocenters. The molecule has 11 nitrogen and oxygen atoms in total. The van der Waals surface area contributed by atoms with Gasteiger partial charge in [0, 0.05) is 48.1 Å². The summed E-state index contributed by atoms with van der Waals surface area (Å²) in [4.78, 5) is 22.7. The van der Waals surface area contributed by atoms with Gasteiger partial charge in [0.25, 0.3) is 5.95 Å². The molecule has 0 bridgehead atoms. The van der Waals surface area contributed by atoms with Crippen molar-refractivity contribution in [1.29, 1.82) is 0 Å². The number of aromatic amines is 1. The maximum atomic E-state index is 5.80. The van der Waals surface area contributed by atoms with Crippen LogP contribution in [0.2, 0.25) is 0 Å². The number of rotatable bonds is 8. The van der Waals surface area contributed by atoms with E-state index in [0.29, 0.717) is 51.4 Å². The number of fused-ring (bicyclic) bond motifs is 1. The Bertz CT molecular complexity index is 1180. The summed E-state index contributed by atoms with van der Waals surface area (Å²) < 4.78 is 13.2. The molecule has 5 rings (SSSR count). The number of hydrazone groups is 1. The Hall–Kier alpha value is -3.99. The van der Waals surface area contributed by atoms with Crippen LogP contribution in [0.5, 0.6) is 6.01 Å². The van der Waals surface area contributed by atoms with Crippen LogP contribution in [-0.2, 0) is 11.3 Å². The third-order valence-corrected chi connectivity index (χ3v) is 5.03. The predicted octanol–water partition coefficient (Wildman–Crippen LogP) is 1.91. The molecule has 2 N–H and O–H groups in total. The highest BCUT2D eigenvalue weighted by Gasteiger charge is 2.17. The van der Waals surface area contributed by atoms with Gasteiger partial charge in [-0.05, 0) is 6.07 Å². The molecule has 0 unspecified atom stereocenters. The summed E-state index contributed by atoms with van der Waals surface area (Å²) in [7, 11) is 0. The van der Waals surface area contributed by atoms with Gasteiger partial charge in [0.2, 0.25) is 5.95 Å². The van der Waals surface area contributed by atoms with E-state index < -0.39 is 0 Å². The molecule has 11 heteroatoms. The number of aromatic nitrogens is 6. The fourth-order valence-corrected chi connectivity index (χ4v) is 3.39. The molecule has 1 fully saturated rings. The average Bonchev–Trinajstić information content (AvgIpc) is 3.50. The Labute approximate surface area is 184 Å². The van der Waals surface area contributed by atoms with Crippen LogP contribution in [0.4, 0.5) is 11.9 Å². The van der Waals surface area contributed by atoms with E-state index in [2.05, 4.69) is 35.4 Å². The van der Waals surface area contributed by atoms with Crippen molar-refractivity contribution in [2.24, 2.45) is 5.10 Å². The van der Waals surface area contributed by atoms with Crippen molar-refractivity contribution < 1.29 is 9.47 Å². The predicted molar refractivity (Wildman–Crippen MR) is 120 cm³/mol. The van der Waals surface area contributed by atoms with Gasteiger partial charge in [0.1, 0.15) is 6.61 Å². The van der Waals surface area contributed by atoms with Crippen molar-refractivity contribution in [3.8, 4) is 6.01 Å². The van der Waals surface area contributed by atoms with Crippen molar-refractivity contribution in [3.63, 3.8) is 0 Å². The van der Waals surface area contributed by atoms with Crippen LogP contribution in [0, 0.1) is 0 Å². The number of nitrogens with one attached hydrogen (secondary N) is 2. The average molecular weight is 433 g/mol. The standard InChI is InChI=1S/C21H23N9O2/c1-2-4-18-17(3-1)16(13-23-18)14-24-28-19-25-20(30-8-10-31-11-9-30)27-21(26-19)32-12-7-29-6-5-22-15-29/h1-6,13-15,23H,7-12H2,(H,25,26,27,28)/b24-14+. The lowest BCUT2D eigenvalue weighted by molar-refractivity contribution is 0.122. The van der Waals surface area contributed by atoms with Crippen LogP contribution in [0.3, 0.4) is 0 Å². The van der Waals surface area contributed by atoms with Crippen LogP contribution in [0.15, 0.2) is 54.3 Å². The smallest absolute Gasteiger partial charge is 0.323 e. The molecular weight excluding hydrogens is 410 g/mol. The van der Waals surface area contributed by atoms with E-state index in [0.717, 1.165) is 16.5 Å². The first-order chi connectivity index (χ1) is 15.8. The maximum absolute atomic E-state index is 5.80. The molecule has 4 heterocycles. The second-order valence-corrected chi connectivity index (χ2v) is 7.15. The number of benzene rings is 1. The summed E-state index contributed by atoms with van der Waals surface area (Å²) in [6.07, 6.45) is 8.99. The molecule has 3 aromatic heterocycles. The van der Waals surface area contributed by atoms with Gasteiger partial charge >= 0.3 is 6.01 Å². The van der Waals surface area contributed by atoms with Crippen LogP contribution in [-0.4, -0.2) is 68.6 Å². The first kappa shape index (κ1) is 19.9. The molecule has 1 aliphatic heterocycles. The number of H-pyrrole nitrogens is 1. The quantitative estimate of drug-likeness (QED) is 0.320. The van der Waals surface area contributed by atoms with Crippen molar-refractivity contribution in [3.05, 3.63) is 54.7 Å². The lowest BCUT2D eigenvalue weighted by Gasteiger charge is -2.26. The van der Waals surface area contributed by atoms with E-state index in [1.54, 1.807) is 18.7 Å². The second kappa shape index (κ2) is 9.43. The molecule has 1 aliphatic rings. The summed E-state index contributed by atoms with van der Waals surface area (Å²) in [5.41, 5.74) is 4.93. The van der Waals surface area contributed by atoms with Crippen LogP contribution in [0.1, 0.15) is 5.56 Å². The third-order valence-electron chi connectivity index (χ3n) is 5.03. The molecular formula is C21H23N9O2. The number of ether oxygens (including phenoxy) is 2. The highest BCUT2D eigenvalue weighted by atomic mass is 16.5. The van der Waals surface area contributed by atoms with Gasteiger partial charge in [-0.25, -0.2) is 10.4 Å². The molecule has 164 valence electrons. The monoisotopic (exact) mass is 433 g/mol. The van der Waals surface area contributed by atoms with Crippen LogP contribution in [0.25, 0.3) is 10.9 Å². The summed E-state index contributed by atoms with van der Waals surface area (Å²) in [5, 5.41) is 5.41. The van der Waals surface area contributed by atoms with Crippen LogP contribution >= 0.6 is 0 Å². The first-order valence-electron chi connectivity index (χ1n) is 10.4. The number of para-hydroxylation sites is 1. The molecule has 1 aromatic carbocycles. The zero-order valence-electron chi connectivity index (χ0n) is 17.4. The number of anilines is 2. The Kier molecular flexibility index (Phi) is 5.88. The van der Waals surface area contributed by atoms with Gasteiger partial charge in [-0.2, -0.15) is 20.1 Å². The van der Waals surface area contributed by atoms with Crippen molar-refractivity contribution in [2.45, 2.75) is 6.54 Å². The summed E-state index contributed by atoms with van der Waals surface area (Å²) in [6, 6.07) is 8.29. The largest absolute Gasteiger partial charge is 0.461 e. The second-order valence-electron chi connectivity index (χ2n) is 7.15. The first-order valence-corrected chi connectivity index (χ1v) is 10.4. The van der Waals surface area contributed by atoms with Crippen LogP contribution < -0.4 is 15.1 Å². The van der Waals surface area contributed by atoms with E-state index in [9.17, 15) is 0 Å². The lowest BCUT2D eigenvalue weighted by atomic mass is 10.2. The summed E-state index contributed by atoms with van der Waals surface area (Å²) in [5.74, 6) is 0.848. The van der Waals surface area contributed by atoms with Gasteiger partial charge in [0.15, 0.2) is 0 Å². The SMILES string of the molecule is C(=N\Nc1nc(OCCn2ccnc2)nc(N2CCOCC2)n1)/c1c[nH]c2ccccc12. The molecule has 0 amide bonds.